The number of pyridine rings is 1. The lowest BCUT2D eigenvalue weighted by atomic mass is 10.2. The second-order valence-corrected chi connectivity index (χ2v) is 8.10. The Bertz CT molecular complexity index is 1180. The topological polar surface area (TPSA) is 84.7 Å². The molecule has 31 heavy (non-hydrogen) atoms. The van der Waals surface area contributed by atoms with Gasteiger partial charge in [-0.1, -0.05) is 44.9 Å². The van der Waals surface area contributed by atoms with Gasteiger partial charge in [0.1, 0.15) is 11.5 Å². The van der Waals surface area contributed by atoms with Crippen LogP contribution in [0.15, 0.2) is 77.5 Å². The summed E-state index contributed by atoms with van der Waals surface area (Å²) in [4.78, 5) is 17.0. The van der Waals surface area contributed by atoms with Crippen molar-refractivity contribution in [2.75, 3.05) is 5.32 Å². The number of hydrogen-bond donors (Lipinski definition) is 2. The summed E-state index contributed by atoms with van der Waals surface area (Å²) in [6.45, 7) is 0.862. The van der Waals surface area contributed by atoms with E-state index in [1.165, 1.54) is 0 Å². The number of carbonyl (C=O) groups excluding carboxylic acids is 1. The van der Waals surface area contributed by atoms with Crippen LogP contribution in [0.1, 0.15) is 21.6 Å². The zero-order valence-corrected chi connectivity index (χ0v) is 18.6. The molecule has 4 aromatic rings. The largest absolute Gasteiger partial charge is 0.346 e. The van der Waals surface area contributed by atoms with Crippen molar-refractivity contribution < 1.29 is 4.79 Å². The molecule has 2 aromatic carbocycles. The van der Waals surface area contributed by atoms with Gasteiger partial charge in [-0.3, -0.25) is 4.79 Å². The van der Waals surface area contributed by atoms with Crippen molar-refractivity contribution in [2.45, 2.75) is 13.1 Å². The summed E-state index contributed by atoms with van der Waals surface area (Å²) in [5, 5.41) is 14.9. The summed E-state index contributed by atoms with van der Waals surface area (Å²) in [6, 6.07) is 18.6. The summed E-state index contributed by atoms with van der Waals surface area (Å²) in [5.74, 6) is 0.202. The van der Waals surface area contributed by atoms with Crippen LogP contribution >= 0.6 is 27.5 Å². The van der Waals surface area contributed by atoms with E-state index < -0.39 is 0 Å². The quantitative estimate of drug-likeness (QED) is 0.383. The molecule has 0 fully saturated rings. The van der Waals surface area contributed by atoms with Gasteiger partial charge in [0.15, 0.2) is 0 Å². The van der Waals surface area contributed by atoms with Gasteiger partial charge in [-0.15, -0.1) is 5.10 Å². The lowest BCUT2D eigenvalue weighted by Gasteiger charge is -2.11. The highest BCUT2D eigenvalue weighted by Crippen LogP contribution is 2.20. The molecule has 156 valence electrons. The van der Waals surface area contributed by atoms with Crippen LogP contribution in [0.25, 0.3) is 0 Å². The van der Waals surface area contributed by atoms with Gasteiger partial charge in [-0.25, -0.2) is 9.67 Å². The predicted octanol–water partition coefficient (Wildman–Crippen LogP) is 4.81. The SMILES string of the molecule is O=C(NCc1cn(Cc2ccc(Br)cc2)nn1)c1cccnc1Nc1ccc(Cl)cc1. The van der Waals surface area contributed by atoms with Crippen molar-refractivity contribution in [3.05, 3.63) is 99.4 Å². The van der Waals surface area contributed by atoms with Gasteiger partial charge in [0.05, 0.1) is 24.8 Å². The van der Waals surface area contributed by atoms with Gasteiger partial charge in [0.2, 0.25) is 0 Å². The number of amides is 1. The molecule has 2 aromatic heterocycles. The number of hydrogen-bond acceptors (Lipinski definition) is 5. The van der Waals surface area contributed by atoms with Crippen molar-refractivity contribution in [3.8, 4) is 0 Å². The highest BCUT2D eigenvalue weighted by molar-refractivity contribution is 9.10. The first-order chi connectivity index (χ1) is 15.1. The number of nitrogens with one attached hydrogen (secondary N) is 2. The molecule has 0 aliphatic heterocycles. The van der Waals surface area contributed by atoms with E-state index in [0.29, 0.717) is 28.6 Å². The van der Waals surface area contributed by atoms with Gasteiger partial charge in [0, 0.05) is 21.4 Å². The van der Waals surface area contributed by atoms with Crippen molar-refractivity contribution >= 4 is 44.9 Å². The van der Waals surface area contributed by atoms with Crippen LogP contribution in [0, 0.1) is 0 Å². The highest BCUT2D eigenvalue weighted by Gasteiger charge is 2.13. The maximum absolute atomic E-state index is 12.7. The lowest BCUT2D eigenvalue weighted by Crippen LogP contribution is -2.24. The first-order valence-corrected chi connectivity index (χ1v) is 10.6. The zero-order chi connectivity index (χ0) is 21.6. The van der Waals surface area contributed by atoms with Crippen molar-refractivity contribution in [1.29, 1.82) is 0 Å². The van der Waals surface area contributed by atoms with Gasteiger partial charge >= 0.3 is 0 Å². The third kappa shape index (κ3) is 5.68. The standard InChI is InChI=1S/C22H18BrClN6O/c23-16-5-3-15(4-6-16)13-30-14-19(28-29-30)12-26-22(31)20-2-1-11-25-21(20)27-18-9-7-17(24)8-10-18/h1-11,14H,12-13H2,(H,25,27)(H,26,31). The van der Waals surface area contributed by atoms with E-state index in [1.54, 1.807) is 35.1 Å². The second-order valence-electron chi connectivity index (χ2n) is 6.75. The maximum atomic E-state index is 12.7. The Morgan fingerprint density at radius 3 is 2.61 bits per heavy atom. The number of halogens is 2. The maximum Gasteiger partial charge on any atom is 0.255 e. The summed E-state index contributed by atoms with van der Waals surface area (Å²) < 4.78 is 2.76. The minimum Gasteiger partial charge on any atom is -0.346 e. The van der Waals surface area contributed by atoms with Crippen molar-refractivity contribution in [1.82, 2.24) is 25.3 Å². The summed E-state index contributed by atoms with van der Waals surface area (Å²) in [7, 11) is 0. The number of benzene rings is 2. The molecule has 0 radical (unpaired) electrons. The Hall–Kier alpha value is -3.23. The molecule has 2 heterocycles. The normalized spacial score (nSPS) is 10.6. The third-order valence-corrected chi connectivity index (χ3v) is 5.21. The Kier molecular flexibility index (Phi) is 6.59. The van der Waals surface area contributed by atoms with Gasteiger partial charge in [-0.05, 0) is 54.1 Å². The van der Waals surface area contributed by atoms with Crippen LogP contribution in [0.2, 0.25) is 5.02 Å². The second kappa shape index (κ2) is 9.72. The van der Waals surface area contributed by atoms with Crippen molar-refractivity contribution in [2.24, 2.45) is 0 Å². The number of nitrogens with zero attached hydrogens (tertiary/aromatic N) is 4. The van der Waals surface area contributed by atoms with Gasteiger partial charge in [0.25, 0.3) is 5.91 Å². The van der Waals surface area contributed by atoms with E-state index in [0.717, 1.165) is 15.7 Å². The Balaban J connectivity index is 1.38. The molecule has 0 bridgehead atoms. The summed E-state index contributed by atoms with van der Waals surface area (Å²) >= 11 is 9.35. The van der Waals surface area contributed by atoms with Gasteiger partial charge in [-0.2, -0.15) is 0 Å². The third-order valence-electron chi connectivity index (χ3n) is 4.43. The number of aromatic nitrogens is 4. The molecule has 0 spiro atoms. The Morgan fingerprint density at radius 1 is 1.06 bits per heavy atom. The monoisotopic (exact) mass is 496 g/mol. The number of anilines is 2. The predicted molar refractivity (Wildman–Crippen MR) is 123 cm³/mol. The van der Waals surface area contributed by atoms with E-state index in [9.17, 15) is 4.79 Å². The molecule has 1 amide bonds. The Labute approximate surface area is 192 Å². The molecule has 0 saturated carbocycles. The zero-order valence-electron chi connectivity index (χ0n) is 16.3. The molecule has 2 N–H and O–H groups in total. The summed E-state index contributed by atoms with van der Waals surface area (Å²) in [6.07, 6.45) is 3.45. The molecular formula is C22H18BrClN6O. The smallest absolute Gasteiger partial charge is 0.255 e. The van der Waals surface area contributed by atoms with E-state index >= 15 is 0 Å². The minimum atomic E-state index is -0.257. The molecule has 4 rings (SSSR count). The van der Waals surface area contributed by atoms with Crippen LogP contribution in [-0.4, -0.2) is 25.9 Å². The minimum absolute atomic E-state index is 0.257. The fourth-order valence-corrected chi connectivity index (χ4v) is 3.29. The van der Waals surface area contributed by atoms with Crippen LogP contribution in [0.3, 0.4) is 0 Å². The highest BCUT2D eigenvalue weighted by atomic mass is 79.9. The first-order valence-electron chi connectivity index (χ1n) is 9.46. The van der Waals surface area contributed by atoms with E-state index in [1.807, 2.05) is 42.6 Å². The molecule has 0 atom stereocenters. The fourth-order valence-electron chi connectivity index (χ4n) is 2.90. The van der Waals surface area contributed by atoms with Crippen LogP contribution in [0.4, 0.5) is 11.5 Å². The van der Waals surface area contributed by atoms with Crippen LogP contribution in [-0.2, 0) is 13.1 Å². The van der Waals surface area contributed by atoms with Crippen LogP contribution < -0.4 is 10.6 Å². The van der Waals surface area contributed by atoms with E-state index in [2.05, 4.69) is 41.9 Å². The Morgan fingerprint density at radius 2 is 1.84 bits per heavy atom. The molecule has 0 aliphatic rings. The average molecular weight is 498 g/mol. The number of carbonyl (C=O) groups is 1. The van der Waals surface area contributed by atoms with Crippen molar-refractivity contribution in [3.63, 3.8) is 0 Å². The molecule has 0 aliphatic carbocycles. The van der Waals surface area contributed by atoms with Crippen LogP contribution in [0.5, 0.6) is 0 Å². The number of rotatable bonds is 7. The lowest BCUT2D eigenvalue weighted by molar-refractivity contribution is 0.0951. The fraction of sp³-hybridized carbons (Fsp3) is 0.0909. The molecule has 7 nitrogen and oxygen atoms in total. The molecule has 0 saturated heterocycles. The molecule has 0 unspecified atom stereocenters. The first kappa shape index (κ1) is 21.0. The molecular weight excluding hydrogens is 480 g/mol. The summed E-state index contributed by atoms with van der Waals surface area (Å²) in [5.41, 5.74) is 2.99. The van der Waals surface area contributed by atoms with E-state index in [-0.39, 0.29) is 12.5 Å². The average Bonchev–Trinajstić information content (AvgIpc) is 3.23. The van der Waals surface area contributed by atoms with E-state index in [4.69, 9.17) is 11.6 Å². The molecule has 9 heteroatoms. The van der Waals surface area contributed by atoms with Gasteiger partial charge < -0.3 is 10.6 Å².